The molecule has 4 heteroatoms. The molecule has 0 aromatic carbocycles. The summed E-state index contributed by atoms with van der Waals surface area (Å²) in [4.78, 5) is 8.14. The molecule has 1 heterocycles. The molecule has 0 spiro atoms. The predicted octanol–water partition coefficient (Wildman–Crippen LogP) is 1.80. The lowest BCUT2D eigenvalue weighted by Gasteiger charge is -1.91. The first-order valence-corrected chi connectivity index (χ1v) is 4.65. The van der Waals surface area contributed by atoms with Crippen molar-refractivity contribution >= 4 is 34.4 Å². The molecule has 0 aliphatic carbocycles. The van der Waals surface area contributed by atoms with Gasteiger partial charge in [-0.1, -0.05) is 0 Å². The second kappa shape index (κ2) is 3.36. The molecule has 48 valence electrons. The maximum atomic E-state index is 4.18. The molecular weight excluding hydrogens is 247 g/mol. The Morgan fingerprint density at radius 3 is 2.78 bits per heavy atom. The predicted molar refractivity (Wildman–Crippen MR) is 46.5 cm³/mol. The summed E-state index contributed by atoms with van der Waals surface area (Å²) in [5.41, 5.74) is 0. The van der Waals surface area contributed by atoms with Crippen LogP contribution in [-0.2, 0) is 0 Å². The minimum Gasteiger partial charge on any atom is -0.259 e. The van der Waals surface area contributed by atoms with Crippen LogP contribution in [0.4, 0.5) is 0 Å². The maximum absolute atomic E-state index is 4.18. The molecule has 0 aliphatic rings. The normalized spacial score (nSPS) is 9.56. The van der Waals surface area contributed by atoms with E-state index >= 15 is 0 Å². The number of halogens is 1. The highest BCUT2D eigenvalue weighted by Crippen LogP contribution is 2.09. The summed E-state index contributed by atoms with van der Waals surface area (Å²) < 4.78 is 0.944. The lowest BCUT2D eigenvalue weighted by Crippen LogP contribution is -1.84. The van der Waals surface area contributed by atoms with E-state index in [4.69, 9.17) is 0 Å². The highest BCUT2D eigenvalue weighted by molar-refractivity contribution is 14.1. The number of thioether (sulfide) groups is 1. The highest BCUT2D eigenvalue weighted by Gasteiger charge is 1.90. The third kappa shape index (κ3) is 2.09. The van der Waals surface area contributed by atoms with Crippen molar-refractivity contribution in [3.05, 3.63) is 16.1 Å². The van der Waals surface area contributed by atoms with Crippen LogP contribution in [0.25, 0.3) is 0 Å². The van der Waals surface area contributed by atoms with Crippen LogP contribution in [-0.4, -0.2) is 16.2 Å². The van der Waals surface area contributed by atoms with Gasteiger partial charge in [-0.2, -0.15) is 0 Å². The van der Waals surface area contributed by atoms with Crippen LogP contribution in [0.15, 0.2) is 17.4 Å². The molecule has 0 N–H and O–H groups in total. The molecule has 0 aliphatic heterocycles. The van der Waals surface area contributed by atoms with Crippen LogP contribution < -0.4 is 0 Å². The third-order valence-electron chi connectivity index (χ3n) is 0.792. The van der Waals surface area contributed by atoms with Gasteiger partial charge in [0.05, 0.1) is 12.4 Å². The molecule has 0 bridgehead atoms. The molecule has 0 atom stereocenters. The first-order chi connectivity index (χ1) is 4.33. The zero-order valence-electron chi connectivity index (χ0n) is 4.84. The van der Waals surface area contributed by atoms with E-state index in [1.54, 1.807) is 24.2 Å². The largest absolute Gasteiger partial charge is 0.259 e. The molecule has 2 nitrogen and oxygen atoms in total. The Bertz CT molecular complexity index is 204. The topological polar surface area (TPSA) is 25.8 Å². The molecule has 0 unspecified atom stereocenters. The molecular formula is C5H5IN2S. The van der Waals surface area contributed by atoms with Gasteiger partial charge in [-0.15, -0.1) is 11.8 Å². The van der Waals surface area contributed by atoms with Crippen molar-refractivity contribution in [3.63, 3.8) is 0 Å². The third-order valence-corrected chi connectivity index (χ3v) is 1.93. The molecule has 9 heavy (non-hydrogen) atoms. The molecule has 0 saturated heterocycles. The standard InChI is InChI=1S/C5H5IN2S/c1-9-5-3-7-2-4(6)8-5/h2-3H,1H3. The van der Waals surface area contributed by atoms with Gasteiger partial charge in [-0.05, 0) is 28.8 Å². The van der Waals surface area contributed by atoms with E-state index in [9.17, 15) is 0 Å². The zero-order valence-corrected chi connectivity index (χ0v) is 7.81. The molecule has 0 saturated carbocycles. The number of hydrogen-bond acceptors (Lipinski definition) is 3. The lowest BCUT2D eigenvalue weighted by molar-refractivity contribution is 1.03. The zero-order chi connectivity index (χ0) is 6.69. The summed E-state index contributed by atoms with van der Waals surface area (Å²) in [5, 5.41) is 0.974. The maximum Gasteiger partial charge on any atom is 0.120 e. The van der Waals surface area contributed by atoms with Gasteiger partial charge in [-0.3, -0.25) is 4.98 Å². The Morgan fingerprint density at radius 2 is 2.33 bits per heavy atom. The van der Waals surface area contributed by atoms with E-state index in [1.165, 1.54) is 0 Å². The van der Waals surface area contributed by atoms with Crippen LogP contribution >= 0.6 is 34.4 Å². The number of rotatable bonds is 1. The van der Waals surface area contributed by atoms with Gasteiger partial charge in [0, 0.05) is 0 Å². The summed E-state index contributed by atoms with van der Waals surface area (Å²) >= 11 is 3.75. The Kier molecular flexibility index (Phi) is 2.71. The minimum absolute atomic E-state index is 0.944. The fourth-order valence-electron chi connectivity index (χ4n) is 0.424. The summed E-state index contributed by atoms with van der Waals surface area (Å²) in [6.45, 7) is 0. The fourth-order valence-corrected chi connectivity index (χ4v) is 1.36. The van der Waals surface area contributed by atoms with E-state index in [0.717, 1.165) is 8.73 Å². The molecule has 1 aromatic rings. The van der Waals surface area contributed by atoms with E-state index in [1.807, 2.05) is 6.26 Å². The summed E-state index contributed by atoms with van der Waals surface area (Å²) in [6, 6.07) is 0. The van der Waals surface area contributed by atoms with Crippen LogP contribution in [0.3, 0.4) is 0 Å². The summed E-state index contributed by atoms with van der Waals surface area (Å²) in [5.74, 6) is 0. The van der Waals surface area contributed by atoms with Gasteiger partial charge in [0.15, 0.2) is 0 Å². The second-order valence-corrected chi connectivity index (χ2v) is 3.32. The highest BCUT2D eigenvalue weighted by atomic mass is 127. The lowest BCUT2D eigenvalue weighted by atomic mass is 10.8. The van der Waals surface area contributed by atoms with E-state index < -0.39 is 0 Å². The van der Waals surface area contributed by atoms with Crippen LogP contribution in [0.5, 0.6) is 0 Å². The summed E-state index contributed by atoms with van der Waals surface area (Å²) in [6.07, 6.45) is 5.48. The van der Waals surface area contributed by atoms with Gasteiger partial charge in [-0.25, -0.2) is 4.98 Å². The van der Waals surface area contributed by atoms with Gasteiger partial charge in [0.2, 0.25) is 0 Å². The number of hydrogen-bond donors (Lipinski definition) is 0. The van der Waals surface area contributed by atoms with Gasteiger partial charge in [0.1, 0.15) is 8.73 Å². The molecule has 0 amide bonds. The Morgan fingerprint density at radius 1 is 1.56 bits per heavy atom. The number of aromatic nitrogens is 2. The van der Waals surface area contributed by atoms with Crippen molar-refractivity contribution in [1.29, 1.82) is 0 Å². The van der Waals surface area contributed by atoms with Crippen LogP contribution in [0.1, 0.15) is 0 Å². The molecule has 1 aromatic heterocycles. The SMILES string of the molecule is CSc1cncc(I)n1. The van der Waals surface area contributed by atoms with E-state index in [0.29, 0.717) is 0 Å². The Labute approximate surface area is 71.6 Å². The van der Waals surface area contributed by atoms with Gasteiger partial charge >= 0.3 is 0 Å². The molecule has 0 fully saturated rings. The van der Waals surface area contributed by atoms with Crippen LogP contribution in [0, 0.1) is 3.70 Å². The van der Waals surface area contributed by atoms with Crippen molar-refractivity contribution in [2.45, 2.75) is 5.03 Å². The van der Waals surface area contributed by atoms with Gasteiger partial charge in [0.25, 0.3) is 0 Å². The Hall–Kier alpha value is 0.160. The minimum atomic E-state index is 0.944. The average molecular weight is 252 g/mol. The van der Waals surface area contributed by atoms with E-state index in [-0.39, 0.29) is 0 Å². The first-order valence-electron chi connectivity index (χ1n) is 2.34. The number of nitrogens with zero attached hydrogens (tertiary/aromatic N) is 2. The monoisotopic (exact) mass is 252 g/mol. The average Bonchev–Trinajstić information content (AvgIpc) is 1.88. The molecule has 0 radical (unpaired) electrons. The second-order valence-electron chi connectivity index (χ2n) is 1.38. The Balaban J connectivity index is 2.94. The fraction of sp³-hybridized carbons (Fsp3) is 0.200. The van der Waals surface area contributed by atoms with Crippen molar-refractivity contribution in [1.82, 2.24) is 9.97 Å². The van der Waals surface area contributed by atoms with Crippen molar-refractivity contribution in [2.24, 2.45) is 0 Å². The van der Waals surface area contributed by atoms with Crippen molar-refractivity contribution in [3.8, 4) is 0 Å². The van der Waals surface area contributed by atoms with Gasteiger partial charge < -0.3 is 0 Å². The van der Waals surface area contributed by atoms with Crippen LogP contribution in [0.2, 0.25) is 0 Å². The van der Waals surface area contributed by atoms with Crippen molar-refractivity contribution in [2.75, 3.05) is 6.26 Å². The van der Waals surface area contributed by atoms with E-state index in [2.05, 4.69) is 32.6 Å². The first kappa shape index (κ1) is 7.27. The van der Waals surface area contributed by atoms with Crippen molar-refractivity contribution < 1.29 is 0 Å². The summed E-state index contributed by atoms with van der Waals surface area (Å²) in [7, 11) is 0. The molecule has 1 rings (SSSR count). The smallest absolute Gasteiger partial charge is 0.120 e. The quantitative estimate of drug-likeness (QED) is 0.563.